The third kappa shape index (κ3) is 6.58. The number of rotatable bonds is 9. The molecule has 0 unspecified atom stereocenters. The highest BCUT2D eigenvalue weighted by Crippen LogP contribution is 2.13. The van der Waals surface area contributed by atoms with E-state index in [-0.39, 0.29) is 18.3 Å². The fourth-order valence-corrected chi connectivity index (χ4v) is 1.81. The van der Waals surface area contributed by atoms with Crippen LogP contribution in [0, 0.1) is 5.82 Å². The number of benzene rings is 1. The zero-order chi connectivity index (χ0) is 15.7. The van der Waals surface area contributed by atoms with Gasteiger partial charge >= 0.3 is 0 Å². The maximum Gasteiger partial charge on any atom is 0.220 e. The molecule has 0 bridgehead atoms. The van der Waals surface area contributed by atoms with Gasteiger partial charge in [0.25, 0.3) is 0 Å². The standard InChI is InChI=1S/C16H24FNO3/c1-3-16(20,4-2)12-18-15(19)6-5-11-21-14-9-7-13(17)8-10-14/h7-10,20H,3-6,11-12H2,1-2H3,(H,18,19). The molecule has 0 aliphatic carbocycles. The molecule has 1 amide bonds. The Kier molecular flexibility index (Phi) is 7.15. The molecule has 0 spiro atoms. The summed E-state index contributed by atoms with van der Waals surface area (Å²) in [6, 6.07) is 5.77. The second kappa shape index (κ2) is 8.62. The minimum Gasteiger partial charge on any atom is -0.494 e. The van der Waals surface area contributed by atoms with E-state index >= 15 is 0 Å². The Bertz CT molecular complexity index is 430. The van der Waals surface area contributed by atoms with Gasteiger partial charge in [0.1, 0.15) is 11.6 Å². The highest BCUT2D eigenvalue weighted by molar-refractivity contribution is 5.75. The van der Waals surface area contributed by atoms with E-state index in [9.17, 15) is 14.3 Å². The molecular weight excluding hydrogens is 273 g/mol. The number of halogens is 1. The lowest BCUT2D eigenvalue weighted by Gasteiger charge is -2.25. The zero-order valence-corrected chi connectivity index (χ0v) is 12.7. The van der Waals surface area contributed by atoms with Crippen LogP contribution in [0.1, 0.15) is 39.5 Å². The van der Waals surface area contributed by atoms with Crippen molar-refractivity contribution in [3.05, 3.63) is 30.1 Å². The van der Waals surface area contributed by atoms with Crippen molar-refractivity contribution in [3.8, 4) is 5.75 Å². The summed E-state index contributed by atoms with van der Waals surface area (Å²) in [5, 5.41) is 12.8. The van der Waals surface area contributed by atoms with E-state index in [1.165, 1.54) is 12.1 Å². The molecule has 118 valence electrons. The van der Waals surface area contributed by atoms with E-state index in [0.29, 0.717) is 38.0 Å². The monoisotopic (exact) mass is 297 g/mol. The van der Waals surface area contributed by atoms with Gasteiger partial charge in [-0.2, -0.15) is 0 Å². The van der Waals surface area contributed by atoms with Gasteiger partial charge in [0.2, 0.25) is 5.91 Å². The molecule has 1 aromatic rings. The lowest BCUT2D eigenvalue weighted by atomic mass is 9.97. The van der Waals surface area contributed by atoms with Gasteiger partial charge in [-0.3, -0.25) is 4.79 Å². The minimum atomic E-state index is -0.819. The van der Waals surface area contributed by atoms with Crippen LogP contribution in [-0.4, -0.2) is 29.8 Å². The van der Waals surface area contributed by atoms with Gasteiger partial charge < -0.3 is 15.2 Å². The number of aliphatic hydroxyl groups is 1. The Labute approximate surface area is 125 Å². The third-order valence-corrected chi connectivity index (χ3v) is 3.56. The molecule has 0 heterocycles. The number of ether oxygens (including phenoxy) is 1. The average molecular weight is 297 g/mol. The predicted molar refractivity (Wildman–Crippen MR) is 79.7 cm³/mol. The van der Waals surface area contributed by atoms with Crippen LogP contribution in [-0.2, 0) is 4.79 Å². The Hall–Kier alpha value is -1.62. The first-order chi connectivity index (χ1) is 9.99. The van der Waals surface area contributed by atoms with Gasteiger partial charge in [-0.25, -0.2) is 4.39 Å². The van der Waals surface area contributed by atoms with Crippen LogP contribution in [0.4, 0.5) is 4.39 Å². The molecule has 1 rings (SSSR count). The average Bonchev–Trinajstić information content (AvgIpc) is 2.51. The van der Waals surface area contributed by atoms with Crippen molar-refractivity contribution < 1.29 is 19.0 Å². The van der Waals surface area contributed by atoms with Crippen molar-refractivity contribution in [3.63, 3.8) is 0 Å². The maximum atomic E-state index is 12.7. The molecule has 0 aliphatic heterocycles. The number of amides is 1. The van der Waals surface area contributed by atoms with Crippen molar-refractivity contribution in [2.24, 2.45) is 0 Å². The van der Waals surface area contributed by atoms with Gasteiger partial charge in [0, 0.05) is 13.0 Å². The third-order valence-electron chi connectivity index (χ3n) is 3.56. The Morgan fingerprint density at radius 3 is 2.48 bits per heavy atom. The van der Waals surface area contributed by atoms with Crippen LogP contribution in [0.15, 0.2) is 24.3 Å². The molecular formula is C16H24FNO3. The van der Waals surface area contributed by atoms with E-state index in [2.05, 4.69) is 5.32 Å². The second-order valence-electron chi connectivity index (χ2n) is 5.11. The van der Waals surface area contributed by atoms with Crippen LogP contribution in [0.2, 0.25) is 0 Å². The van der Waals surface area contributed by atoms with Crippen molar-refractivity contribution in [2.75, 3.05) is 13.2 Å². The highest BCUT2D eigenvalue weighted by atomic mass is 19.1. The number of carbonyl (C=O) groups excluding carboxylic acids is 1. The summed E-state index contributed by atoms with van der Waals surface area (Å²) in [6.07, 6.45) is 2.12. The molecule has 0 aliphatic rings. The van der Waals surface area contributed by atoms with E-state index in [4.69, 9.17) is 4.74 Å². The zero-order valence-electron chi connectivity index (χ0n) is 12.7. The summed E-state index contributed by atoms with van der Waals surface area (Å²) < 4.78 is 18.1. The molecule has 0 atom stereocenters. The molecule has 5 heteroatoms. The van der Waals surface area contributed by atoms with Gasteiger partial charge in [0.15, 0.2) is 0 Å². The SMILES string of the molecule is CCC(O)(CC)CNC(=O)CCCOc1ccc(F)cc1. The van der Waals surface area contributed by atoms with Gasteiger partial charge in [-0.15, -0.1) is 0 Å². The molecule has 1 aromatic carbocycles. The lowest BCUT2D eigenvalue weighted by molar-refractivity contribution is -0.122. The van der Waals surface area contributed by atoms with Gasteiger partial charge in [-0.05, 0) is 43.5 Å². The molecule has 0 radical (unpaired) electrons. The van der Waals surface area contributed by atoms with E-state index < -0.39 is 5.60 Å². The first kappa shape index (κ1) is 17.4. The molecule has 0 aromatic heterocycles. The Morgan fingerprint density at radius 2 is 1.90 bits per heavy atom. The van der Waals surface area contributed by atoms with Crippen LogP contribution in [0.5, 0.6) is 5.75 Å². The number of carbonyl (C=O) groups is 1. The molecule has 21 heavy (non-hydrogen) atoms. The summed E-state index contributed by atoms with van der Waals surface area (Å²) in [5.74, 6) is 0.183. The van der Waals surface area contributed by atoms with Crippen molar-refractivity contribution in [2.45, 2.75) is 45.1 Å². The summed E-state index contributed by atoms with van der Waals surface area (Å²) >= 11 is 0. The van der Waals surface area contributed by atoms with Crippen molar-refractivity contribution in [1.82, 2.24) is 5.32 Å². The van der Waals surface area contributed by atoms with Gasteiger partial charge in [-0.1, -0.05) is 13.8 Å². The van der Waals surface area contributed by atoms with Crippen molar-refractivity contribution >= 4 is 5.91 Å². The van der Waals surface area contributed by atoms with Crippen molar-refractivity contribution in [1.29, 1.82) is 0 Å². The summed E-state index contributed by atoms with van der Waals surface area (Å²) in [6.45, 7) is 4.46. The normalized spacial score (nSPS) is 11.2. The minimum absolute atomic E-state index is 0.0990. The molecule has 0 saturated carbocycles. The maximum absolute atomic E-state index is 12.7. The highest BCUT2D eigenvalue weighted by Gasteiger charge is 2.22. The topological polar surface area (TPSA) is 58.6 Å². The molecule has 0 fully saturated rings. The predicted octanol–water partition coefficient (Wildman–Crippen LogP) is 2.65. The number of hydrogen-bond acceptors (Lipinski definition) is 3. The quantitative estimate of drug-likeness (QED) is 0.689. The Balaban J connectivity index is 2.17. The van der Waals surface area contributed by atoms with E-state index in [0.717, 1.165) is 0 Å². The molecule has 2 N–H and O–H groups in total. The first-order valence-corrected chi connectivity index (χ1v) is 7.36. The summed E-state index contributed by atoms with van der Waals surface area (Å²) in [7, 11) is 0. The van der Waals surface area contributed by atoms with E-state index in [1.807, 2.05) is 13.8 Å². The molecule has 0 saturated heterocycles. The van der Waals surface area contributed by atoms with Gasteiger partial charge in [0.05, 0.1) is 12.2 Å². The Morgan fingerprint density at radius 1 is 1.29 bits per heavy atom. The van der Waals surface area contributed by atoms with E-state index in [1.54, 1.807) is 12.1 Å². The summed E-state index contributed by atoms with van der Waals surface area (Å²) in [5.41, 5.74) is -0.819. The molecule has 4 nitrogen and oxygen atoms in total. The first-order valence-electron chi connectivity index (χ1n) is 7.36. The largest absolute Gasteiger partial charge is 0.494 e. The van der Waals surface area contributed by atoms with Crippen LogP contribution in [0.25, 0.3) is 0 Å². The lowest BCUT2D eigenvalue weighted by Crippen LogP contribution is -2.42. The van der Waals surface area contributed by atoms with Crippen LogP contribution in [0.3, 0.4) is 0 Å². The van der Waals surface area contributed by atoms with Crippen LogP contribution < -0.4 is 10.1 Å². The second-order valence-corrected chi connectivity index (χ2v) is 5.11. The van der Waals surface area contributed by atoms with Crippen LogP contribution >= 0.6 is 0 Å². The number of hydrogen-bond donors (Lipinski definition) is 2. The smallest absolute Gasteiger partial charge is 0.220 e. The number of nitrogens with one attached hydrogen (secondary N) is 1. The fraction of sp³-hybridized carbons (Fsp3) is 0.562. The summed E-state index contributed by atoms with van der Waals surface area (Å²) in [4.78, 5) is 11.7. The fourth-order valence-electron chi connectivity index (χ4n) is 1.81.